The van der Waals surface area contributed by atoms with Gasteiger partial charge in [-0.25, -0.2) is 9.97 Å². The first kappa shape index (κ1) is 12.8. The first-order valence-electron chi connectivity index (χ1n) is 5.81. The average molecular weight is 260 g/mol. The van der Waals surface area contributed by atoms with Gasteiger partial charge >= 0.3 is 0 Å². The minimum Gasteiger partial charge on any atom is -0.358 e. The summed E-state index contributed by atoms with van der Waals surface area (Å²) in [6.07, 6.45) is 5.96. The third-order valence-electron chi connectivity index (χ3n) is 2.80. The van der Waals surface area contributed by atoms with Gasteiger partial charge in [-0.15, -0.1) is 17.8 Å². The van der Waals surface area contributed by atoms with Crippen molar-refractivity contribution in [3.05, 3.63) is 16.3 Å². The Hall–Kier alpha value is -1.64. The van der Waals surface area contributed by atoms with Crippen LogP contribution in [0.4, 0.5) is 5.82 Å². The standard InChI is InChI=1S/C13H16N4S/c1-4-7-15-12-11-8(2)9(3)18-13(11)17-10(16-12)5-6-14/h1H,5-7,14H2,2-3H3,(H,15,16,17). The Labute approximate surface area is 111 Å². The number of thiophene rings is 1. The number of terminal acetylenes is 1. The summed E-state index contributed by atoms with van der Waals surface area (Å²) in [5.41, 5.74) is 6.78. The maximum Gasteiger partial charge on any atom is 0.139 e. The number of aryl methyl sites for hydroxylation is 2. The number of hydrogen-bond donors (Lipinski definition) is 2. The summed E-state index contributed by atoms with van der Waals surface area (Å²) >= 11 is 1.68. The van der Waals surface area contributed by atoms with Crippen molar-refractivity contribution in [2.75, 3.05) is 18.4 Å². The van der Waals surface area contributed by atoms with E-state index in [1.807, 2.05) is 0 Å². The Kier molecular flexibility index (Phi) is 3.80. The number of nitrogens with one attached hydrogen (secondary N) is 1. The molecule has 0 spiro atoms. The largest absolute Gasteiger partial charge is 0.358 e. The molecule has 0 aliphatic heterocycles. The molecule has 0 fully saturated rings. The van der Waals surface area contributed by atoms with Crippen molar-refractivity contribution in [2.24, 2.45) is 5.73 Å². The third-order valence-corrected chi connectivity index (χ3v) is 3.90. The predicted octanol–water partition coefficient (Wildman–Crippen LogP) is 1.85. The lowest BCUT2D eigenvalue weighted by molar-refractivity contribution is 0.881. The molecule has 2 aromatic rings. The Bertz CT molecular complexity index is 609. The van der Waals surface area contributed by atoms with Crippen LogP contribution in [0.5, 0.6) is 0 Å². The first-order valence-corrected chi connectivity index (χ1v) is 6.63. The van der Waals surface area contributed by atoms with Crippen LogP contribution in [0.2, 0.25) is 0 Å². The number of nitrogens with zero attached hydrogens (tertiary/aromatic N) is 2. The first-order chi connectivity index (χ1) is 8.67. The molecule has 0 saturated carbocycles. The zero-order valence-corrected chi connectivity index (χ0v) is 11.4. The highest BCUT2D eigenvalue weighted by atomic mass is 32.1. The summed E-state index contributed by atoms with van der Waals surface area (Å²) in [5.74, 6) is 4.16. The Morgan fingerprint density at radius 1 is 1.39 bits per heavy atom. The number of nitrogens with two attached hydrogens (primary N) is 1. The molecule has 18 heavy (non-hydrogen) atoms. The lowest BCUT2D eigenvalue weighted by Crippen LogP contribution is -2.09. The van der Waals surface area contributed by atoms with Gasteiger partial charge < -0.3 is 11.1 Å². The van der Waals surface area contributed by atoms with Crippen molar-refractivity contribution in [2.45, 2.75) is 20.3 Å². The van der Waals surface area contributed by atoms with Crippen LogP contribution < -0.4 is 11.1 Å². The van der Waals surface area contributed by atoms with Crippen LogP contribution in [0.25, 0.3) is 10.2 Å². The van der Waals surface area contributed by atoms with Gasteiger partial charge in [-0.1, -0.05) is 5.92 Å². The van der Waals surface area contributed by atoms with Gasteiger partial charge in [0.05, 0.1) is 11.9 Å². The van der Waals surface area contributed by atoms with E-state index in [1.54, 1.807) is 11.3 Å². The van der Waals surface area contributed by atoms with E-state index in [2.05, 4.69) is 35.1 Å². The Morgan fingerprint density at radius 3 is 2.83 bits per heavy atom. The van der Waals surface area contributed by atoms with Crippen LogP contribution >= 0.6 is 11.3 Å². The summed E-state index contributed by atoms with van der Waals surface area (Å²) in [6.45, 7) is 5.18. The summed E-state index contributed by atoms with van der Waals surface area (Å²) in [7, 11) is 0. The molecular weight excluding hydrogens is 244 g/mol. The fraction of sp³-hybridized carbons (Fsp3) is 0.385. The lowest BCUT2D eigenvalue weighted by atomic mass is 10.2. The summed E-state index contributed by atoms with van der Waals surface area (Å²) in [5, 5.41) is 4.25. The van der Waals surface area contributed by atoms with E-state index in [0.717, 1.165) is 21.9 Å². The average Bonchev–Trinajstić information content (AvgIpc) is 2.63. The number of aromatic nitrogens is 2. The highest BCUT2D eigenvalue weighted by molar-refractivity contribution is 7.18. The number of rotatable bonds is 4. The number of fused-ring (bicyclic) bond motifs is 1. The lowest BCUT2D eigenvalue weighted by Gasteiger charge is -2.07. The third kappa shape index (κ3) is 2.30. The van der Waals surface area contributed by atoms with Crippen LogP contribution in [-0.4, -0.2) is 23.1 Å². The molecule has 0 aromatic carbocycles. The van der Waals surface area contributed by atoms with Crippen LogP contribution in [0, 0.1) is 26.2 Å². The summed E-state index contributed by atoms with van der Waals surface area (Å²) < 4.78 is 0. The second-order valence-electron chi connectivity index (χ2n) is 4.05. The molecule has 5 heteroatoms. The highest BCUT2D eigenvalue weighted by Gasteiger charge is 2.13. The van der Waals surface area contributed by atoms with E-state index in [1.165, 1.54) is 10.4 Å². The van der Waals surface area contributed by atoms with Gasteiger partial charge in [0.2, 0.25) is 0 Å². The molecule has 2 rings (SSSR count). The molecule has 0 unspecified atom stereocenters. The predicted molar refractivity (Wildman–Crippen MR) is 77.0 cm³/mol. The highest BCUT2D eigenvalue weighted by Crippen LogP contribution is 2.33. The van der Waals surface area contributed by atoms with E-state index in [-0.39, 0.29) is 0 Å². The Morgan fingerprint density at radius 2 is 2.17 bits per heavy atom. The maximum atomic E-state index is 5.56. The quantitative estimate of drug-likeness (QED) is 0.824. The molecule has 0 saturated heterocycles. The van der Waals surface area contributed by atoms with Crippen LogP contribution in [0.3, 0.4) is 0 Å². The zero-order valence-electron chi connectivity index (χ0n) is 10.6. The minimum absolute atomic E-state index is 0.461. The van der Waals surface area contributed by atoms with Gasteiger partial charge in [0.1, 0.15) is 16.5 Å². The minimum atomic E-state index is 0.461. The monoisotopic (exact) mass is 260 g/mol. The molecule has 2 heterocycles. The van der Waals surface area contributed by atoms with E-state index in [0.29, 0.717) is 19.5 Å². The van der Waals surface area contributed by atoms with Crippen molar-refractivity contribution >= 4 is 27.4 Å². The van der Waals surface area contributed by atoms with E-state index in [9.17, 15) is 0 Å². The fourth-order valence-corrected chi connectivity index (χ4v) is 2.85. The molecule has 0 aliphatic carbocycles. The van der Waals surface area contributed by atoms with E-state index < -0.39 is 0 Å². The molecule has 0 amide bonds. The van der Waals surface area contributed by atoms with Crippen LogP contribution in [0.15, 0.2) is 0 Å². The number of anilines is 1. The number of hydrogen-bond acceptors (Lipinski definition) is 5. The summed E-state index contributed by atoms with van der Waals surface area (Å²) in [4.78, 5) is 11.3. The molecule has 0 atom stereocenters. The van der Waals surface area contributed by atoms with E-state index in [4.69, 9.17) is 12.2 Å². The summed E-state index contributed by atoms with van der Waals surface area (Å²) in [6, 6.07) is 0. The SMILES string of the molecule is C#CCNc1nc(CCN)nc2sc(C)c(C)c12. The van der Waals surface area contributed by atoms with Crippen molar-refractivity contribution in [1.29, 1.82) is 0 Å². The van der Waals surface area contributed by atoms with Crippen molar-refractivity contribution in [3.63, 3.8) is 0 Å². The smallest absolute Gasteiger partial charge is 0.139 e. The normalized spacial score (nSPS) is 10.6. The Balaban J connectivity index is 2.58. The van der Waals surface area contributed by atoms with Gasteiger partial charge in [-0.3, -0.25) is 0 Å². The van der Waals surface area contributed by atoms with Crippen molar-refractivity contribution in [1.82, 2.24) is 9.97 Å². The van der Waals surface area contributed by atoms with Gasteiger partial charge in [0, 0.05) is 11.3 Å². The van der Waals surface area contributed by atoms with Crippen molar-refractivity contribution in [3.8, 4) is 12.3 Å². The molecule has 0 bridgehead atoms. The second kappa shape index (κ2) is 5.34. The van der Waals surface area contributed by atoms with Gasteiger partial charge in [0.25, 0.3) is 0 Å². The fourth-order valence-electron chi connectivity index (χ4n) is 1.80. The van der Waals surface area contributed by atoms with Crippen LogP contribution in [-0.2, 0) is 6.42 Å². The van der Waals surface area contributed by atoms with Gasteiger partial charge in [-0.05, 0) is 26.0 Å². The molecule has 3 N–H and O–H groups in total. The van der Waals surface area contributed by atoms with Crippen LogP contribution in [0.1, 0.15) is 16.3 Å². The van der Waals surface area contributed by atoms with E-state index >= 15 is 0 Å². The van der Waals surface area contributed by atoms with Crippen molar-refractivity contribution < 1.29 is 0 Å². The molecular formula is C13H16N4S. The zero-order chi connectivity index (χ0) is 13.1. The molecule has 0 radical (unpaired) electrons. The van der Waals surface area contributed by atoms with Gasteiger partial charge in [-0.2, -0.15) is 0 Å². The maximum absolute atomic E-state index is 5.56. The molecule has 4 nitrogen and oxygen atoms in total. The van der Waals surface area contributed by atoms with Gasteiger partial charge in [0.15, 0.2) is 0 Å². The molecule has 0 aliphatic rings. The second-order valence-corrected chi connectivity index (χ2v) is 5.25. The molecule has 2 aromatic heterocycles. The topological polar surface area (TPSA) is 63.8 Å². The molecule has 94 valence electrons.